The summed E-state index contributed by atoms with van der Waals surface area (Å²) in [5.41, 5.74) is 2.16. The molecule has 33 heavy (non-hydrogen) atoms. The predicted octanol–water partition coefficient (Wildman–Crippen LogP) is 4.48. The molecule has 0 saturated heterocycles. The molecule has 1 saturated carbocycles. The molecule has 0 aliphatic heterocycles. The van der Waals surface area contributed by atoms with Crippen LogP contribution in [0.15, 0.2) is 36.0 Å². The van der Waals surface area contributed by atoms with Gasteiger partial charge < -0.3 is 21.1 Å². The van der Waals surface area contributed by atoms with Gasteiger partial charge in [-0.05, 0) is 32.0 Å². The summed E-state index contributed by atoms with van der Waals surface area (Å²) in [5, 5.41) is 18.3. The number of benzene rings is 1. The molecule has 1 fully saturated rings. The van der Waals surface area contributed by atoms with Crippen LogP contribution in [-0.2, 0) is 0 Å². The highest BCUT2D eigenvalue weighted by atomic mass is 32.1. The number of amides is 1. The molecule has 0 radical (unpaired) electrons. The molecule has 11 heteroatoms. The Morgan fingerprint density at radius 2 is 2.06 bits per heavy atom. The van der Waals surface area contributed by atoms with Crippen molar-refractivity contribution in [1.82, 2.24) is 15.3 Å². The third-order valence-corrected chi connectivity index (χ3v) is 6.20. The summed E-state index contributed by atoms with van der Waals surface area (Å²) in [4.78, 5) is 21.2. The number of thiazole rings is 1. The van der Waals surface area contributed by atoms with Crippen molar-refractivity contribution in [3.05, 3.63) is 41.5 Å². The van der Waals surface area contributed by atoms with E-state index in [4.69, 9.17) is 0 Å². The average Bonchev–Trinajstić information content (AvgIpc) is 3.18. The molecular weight excluding hydrogens is 455 g/mol. The molecule has 176 valence electrons. The number of fused-ring (bicyclic) bond motifs is 1. The first-order valence-electron chi connectivity index (χ1n) is 10.4. The highest BCUT2D eigenvalue weighted by Gasteiger charge is 2.45. The smallest absolute Gasteiger partial charge is 0.255 e. The van der Waals surface area contributed by atoms with E-state index in [0.717, 1.165) is 15.9 Å². The summed E-state index contributed by atoms with van der Waals surface area (Å²) in [7, 11) is 0. The molecule has 4 rings (SSSR count). The number of hydrogen-bond acceptors (Lipinski definition) is 7. The standard InChI is InChI=1S/C22H24F3N5O2S/c1-21(2,32)18(23)10-27-20(31)14-9-26-19(6-16(14)29-13-7-22(24,25)8-13)30-12-3-4-15-17(5-12)33-11-28-15/h3-6,9,11,13,18,32H,7-8,10H2,1-2H3,(H,27,31)(H2,26,29,30). The molecule has 1 aliphatic rings. The van der Waals surface area contributed by atoms with Crippen LogP contribution in [0.3, 0.4) is 0 Å². The van der Waals surface area contributed by atoms with Crippen molar-refractivity contribution in [3.63, 3.8) is 0 Å². The Kier molecular flexibility index (Phi) is 6.19. The van der Waals surface area contributed by atoms with Crippen LogP contribution in [0.4, 0.5) is 30.4 Å². The molecular formula is C22H24F3N5O2S. The molecule has 1 amide bonds. The number of anilines is 3. The van der Waals surface area contributed by atoms with E-state index in [1.54, 1.807) is 11.6 Å². The van der Waals surface area contributed by atoms with Crippen LogP contribution in [0, 0.1) is 0 Å². The first-order valence-corrected chi connectivity index (χ1v) is 11.3. The van der Waals surface area contributed by atoms with E-state index in [9.17, 15) is 23.1 Å². The Morgan fingerprint density at radius 3 is 2.76 bits per heavy atom. The van der Waals surface area contributed by atoms with Gasteiger partial charge in [-0.25, -0.2) is 23.1 Å². The Bertz CT molecular complexity index is 1160. The zero-order valence-corrected chi connectivity index (χ0v) is 18.8. The van der Waals surface area contributed by atoms with Gasteiger partial charge in [-0.2, -0.15) is 0 Å². The molecule has 0 bridgehead atoms. The maximum absolute atomic E-state index is 14.0. The number of pyridine rings is 1. The number of halogens is 3. The first kappa shape index (κ1) is 23.2. The fourth-order valence-electron chi connectivity index (χ4n) is 3.42. The van der Waals surface area contributed by atoms with Crippen molar-refractivity contribution in [2.24, 2.45) is 0 Å². The lowest BCUT2D eigenvalue weighted by Crippen LogP contribution is -2.45. The van der Waals surface area contributed by atoms with Crippen LogP contribution in [-0.4, -0.2) is 51.3 Å². The zero-order chi connectivity index (χ0) is 23.8. The Balaban J connectivity index is 1.54. The van der Waals surface area contributed by atoms with Crippen LogP contribution in [0.25, 0.3) is 10.2 Å². The van der Waals surface area contributed by atoms with Crippen LogP contribution in [0.1, 0.15) is 37.0 Å². The highest BCUT2D eigenvalue weighted by Crippen LogP contribution is 2.39. The van der Waals surface area contributed by atoms with Gasteiger partial charge in [-0.3, -0.25) is 4.79 Å². The van der Waals surface area contributed by atoms with E-state index in [0.29, 0.717) is 11.5 Å². The quantitative estimate of drug-likeness (QED) is 0.380. The summed E-state index contributed by atoms with van der Waals surface area (Å²) >= 11 is 1.49. The van der Waals surface area contributed by atoms with E-state index in [-0.39, 0.29) is 18.4 Å². The molecule has 2 aromatic heterocycles. The summed E-state index contributed by atoms with van der Waals surface area (Å²) in [5.74, 6) is -2.95. The molecule has 4 N–H and O–H groups in total. The highest BCUT2D eigenvalue weighted by molar-refractivity contribution is 7.16. The second kappa shape index (κ2) is 8.79. The van der Waals surface area contributed by atoms with Crippen molar-refractivity contribution in [3.8, 4) is 0 Å². The van der Waals surface area contributed by atoms with Gasteiger partial charge in [0.1, 0.15) is 12.0 Å². The number of carbonyl (C=O) groups excluding carboxylic acids is 1. The predicted molar refractivity (Wildman–Crippen MR) is 122 cm³/mol. The van der Waals surface area contributed by atoms with Gasteiger partial charge in [0.25, 0.3) is 11.8 Å². The topological polar surface area (TPSA) is 99.2 Å². The molecule has 2 heterocycles. The maximum Gasteiger partial charge on any atom is 0.255 e. The van der Waals surface area contributed by atoms with Crippen LogP contribution >= 0.6 is 11.3 Å². The number of carbonyl (C=O) groups is 1. The maximum atomic E-state index is 14.0. The minimum Gasteiger partial charge on any atom is -0.387 e. The van der Waals surface area contributed by atoms with Gasteiger partial charge >= 0.3 is 0 Å². The SMILES string of the molecule is CC(C)(O)C(F)CNC(=O)c1cnc(Nc2ccc3ncsc3c2)cc1NC1CC(F)(F)C1. The van der Waals surface area contributed by atoms with Crippen LogP contribution in [0.2, 0.25) is 0 Å². The Hall–Kier alpha value is -2.92. The van der Waals surface area contributed by atoms with E-state index in [1.807, 2.05) is 18.2 Å². The molecule has 1 unspecified atom stereocenters. The lowest BCUT2D eigenvalue weighted by Gasteiger charge is -2.36. The molecule has 7 nitrogen and oxygen atoms in total. The minimum atomic E-state index is -2.73. The molecule has 1 aromatic carbocycles. The van der Waals surface area contributed by atoms with Gasteiger partial charge in [0.15, 0.2) is 0 Å². The van der Waals surface area contributed by atoms with Crippen molar-refractivity contribution in [1.29, 1.82) is 0 Å². The summed E-state index contributed by atoms with van der Waals surface area (Å²) in [6.45, 7) is 2.20. The largest absolute Gasteiger partial charge is 0.387 e. The number of hydrogen-bond donors (Lipinski definition) is 4. The third-order valence-electron chi connectivity index (χ3n) is 5.41. The fourth-order valence-corrected chi connectivity index (χ4v) is 4.13. The number of rotatable bonds is 8. The van der Waals surface area contributed by atoms with Gasteiger partial charge in [0.05, 0.1) is 39.1 Å². The summed E-state index contributed by atoms with van der Waals surface area (Å²) in [6.07, 6.45) is -1.06. The second-order valence-corrected chi connectivity index (χ2v) is 9.60. The summed E-state index contributed by atoms with van der Waals surface area (Å²) < 4.78 is 41.7. The van der Waals surface area contributed by atoms with Crippen LogP contribution < -0.4 is 16.0 Å². The first-order chi connectivity index (χ1) is 15.5. The molecule has 3 aromatic rings. The molecule has 0 spiro atoms. The third kappa shape index (κ3) is 5.53. The number of nitrogens with one attached hydrogen (secondary N) is 3. The Labute approximate surface area is 192 Å². The van der Waals surface area contributed by atoms with Crippen molar-refractivity contribution >= 4 is 44.7 Å². The van der Waals surface area contributed by atoms with Gasteiger partial charge in [0, 0.05) is 36.8 Å². The number of nitrogens with zero attached hydrogens (tertiary/aromatic N) is 2. The number of alkyl halides is 3. The minimum absolute atomic E-state index is 0.0941. The Morgan fingerprint density at radius 1 is 1.30 bits per heavy atom. The average molecular weight is 480 g/mol. The van der Waals surface area contributed by atoms with Gasteiger partial charge in [-0.15, -0.1) is 11.3 Å². The fraction of sp³-hybridized carbons (Fsp3) is 0.409. The zero-order valence-electron chi connectivity index (χ0n) is 18.0. The lowest BCUT2D eigenvalue weighted by molar-refractivity contribution is -0.0793. The monoisotopic (exact) mass is 479 g/mol. The van der Waals surface area contributed by atoms with Crippen molar-refractivity contribution < 1.29 is 23.1 Å². The molecule has 1 aliphatic carbocycles. The van der Waals surface area contributed by atoms with Gasteiger partial charge in [0.2, 0.25) is 0 Å². The van der Waals surface area contributed by atoms with Crippen LogP contribution in [0.5, 0.6) is 0 Å². The van der Waals surface area contributed by atoms with E-state index >= 15 is 0 Å². The number of aromatic nitrogens is 2. The van der Waals surface area contributed by atoms with E-state index in [2.05, 4.69) is 25.9 Å². The second-order valence-electron chi connectivity index (χ2n) is 8.71. The lowest BCUT2D eigenvalue weighted by atomic mass is 9.88. The molecule has 1 atom stereocenters. The van der Waals surface area contributed by atoms with E-state index in [1.165, 1.54) is 31.4 Å². The summed E-state index contributed by atoms with van der Waals surface area (Å²) in [6, 6.07) is 6.67. The normalized spacial score (nSPS) is 16.8. The van der Waals surface area contributed by atoms with Gasteiger partial charge in [-0.1, -0.05) is 0 Å². The van der Waals surface area contributed by atoms with Crippen molar-refractivity contribution in [2.45, 2.75) is 50.4 Å². The number of aliphatic hydroxyl groups is 1. The van der Waals surface area contributed by atoms with E-state index < -0.39 is 36.2 Å². The van der Waals surface area contributed by atoms with Crippen molar-refractivity contribution in [2.75, 3.05) is 17.2 Å².